The minimum Gasteiger partial charge on any atom is -0.381 e. The number of sulfonamides is 1. The van der Waals surface area contributed by atoms with Crippen molar-refractivity contribution >= 4 is 10.0 Å². The topological polar surface area (TPSA) is 55.4 Å². The average molecular weight is 235 g/mol. The highest BCUT2D eigenvalue weighted by Gasteiger charge is 2.23. The van der Waals surface area contributed by atoms with Crippen molar-refractivity contribution in [3.05, 3.63) is 0 Å². The first kappa shape index (κ1) is 12.9. The van der Waals surface area contributed by atoms with Crippen LogP contribution in [0.5, 0.6) is 0 Å². The molecule has 1 N–H and O–H groups in total. The Morgan fingerprint density at radius 2 is 2.00 bits per heavy atom. The monoisotopic (exact) mass is 235 g/mol. The molecule has 1 aliphatic heterocycles. The molecule has 0 amide bonds. The Kier molecular flexibility index (Phi) is 5.02. The van der Waals surface area contributed by atoms with Crippen LogP contribution in [-0.4, -0.2) is 33.4 Å². The highest BCUT2D eigenvalue weighted by Crippen LogP contribution is 2.19. The lowest BCUT2D eigenvalue weighted by Crippen LogP contribution is -2.41. The van der Waals surface area contributed by atoms with Crippen LogP contribution in [0.1, 0.15) is 33.1 Å². The van der Waals surface area contributed by atoms with Gasteiger partial charge in [-0.1, -0.05) is 6.92 Å². The van der Waals surface area contributed by atoms with E-state index in [9.17, 15) is 8.42 Å². The highest BCUT2D eigenvalue weighted by atomic mass is 32.2. The Labute approximate surface area is 92.4 Å². The maximum absolute atomic E-state index is 11.5. The van der Waals surface area contributed by atoms with Crippen molar-refractivity contribution in [1.82, 2.24) is 4.72 Å². The fourth-order valence-corrected chi connectivity index (χ4v) is 3.34. The van der Waals surface area contributed by atoms with Crippen LogP contribution in [0.25, 0.3) is 0 Å². The van der Waals surface area contributed by atoms with E-state index in [4.69, 9.17) is 4.74 Å². The third-order valence-electron chi connectivity index (χ3n) is 2.81. The minimum absolute atomic E-state index is 0.0328. The molecule has 90 valence electrons. The van der Waals surface area contributed by atoms with Crippen LogP contribution in [-0.2, 0) is 14.8 Å². The molecular formula is C10H21NO3S. The molecular weight excluding hydrogens is 214 g/mol. The molecule has 0 bridgehead atoms. The summed E-state index contributed by atoms with van der Waals surface area (Å²) in [7, 11) is -3.07. The zero-order valence-corrected chi connectivity index (χ0v) is 10.3. The maximum atomic E-state index is 11.5. The summed E-state index contributed by atoms with van der Waals surface area (Å²) in [6.45, 7) is 5.33. The molecule has 1 aliphatic rings. The van der Waals surface area contributed by atoms with Gasteiger partial charge in [0.05, 0.1) is 5.75 Å². The molecule has 0 aromatic rings. The van der Waals surface area contributed by atoms with Gasteiger partial charge in [-0.05, 0) is 32.1 Å². The van der Waals surface area contributed by atoms with Gasteiger partial charge < -0.3 is 4.74 Å². The van der Waals surface area contributed by atoms with Crippen LogP contribution >= 0.6 is 0 Å². The SMILES string of the molecule is CCCS(=O)(=O)NC(C)C1CCOCC1. The van der Waals surface area contributed by atoms with Gasteiger partial charge in [-0.25, -0.2) is 13.1 Å². The number of hydrogen-bond donors (Lipinski definition) is 1. The van der Waals surface area contributed by atoms with Crippen molar-refractivity contribution in [2.75, 3.05) is 19.0 Å². The largest absolute Gasteiger partial charge is 0.381 e. The summed E-state index contributed by atoms with van der Waals surface area (Å²) in [5.74, 6) is 0.644. The van der Waals surface area contributed by atoms with Gasteiger partial charge in [0.15, 0.2) is 0 Å². The van der Waals surface area contributed by atoms with Gasteiger partial charge in [-0.3, -0.25) is 0 Å². The quantitative estimate of drug-likeness (QED) is 0.777. The van der Waals surface area contributed by atoms with Gasteiger partial charge >= 0.3 is 0 Å². The molecule has 1 fully saturated rings. The zero-order valence-electron chi connectivity index (χ0n) is 9.53. The van der Waals surface area contributed by atoms with E-state index in [2.05, 4.69) is 4.72 Å². The summed E-state index contributed by atoms with van der Waals surface area (Å²) < 4.78 is 31.1. The Morgan fingerprint density at radius 1 is 1.40 bits per heavy atom. The van der Waals surface area contributed by atoms with E-state index in [1.807, 2.05) is 13.8 Å². The van der Waals surface area contributed by atoms with Crippen LogP contribution < -0.4 is 4.72 Å². The first-order valence-corrected chi connectivity index (χ1v) is 7.28. The van der Waals surface area contributed by atoms with Crippen LogP contribution in [0.2, 0.25) is 0 Å². The van der Waals surface area contributed by atoms with Crippen molar-refractivity contribution in [2.45, 2.75) is 39.2 Å². The lowest BCUT2D eigenvalue weighted by Gasteiger charge is -2.28. The lowest BCUT2D eigenvalue weighted by atomic mass is 9.94. The van der Waals surface area contributed by atoms with Crippen molar-refractivity contribution in [2.24, 2.45) is 5.92 Å². The van der Waals surface area contributed by atoms with Gasteiger partial charge in [0.2, 0.25) is 10.0 Å². The fourth-order valence-electron chi connectivity index (χ4n) is 1.92. The average Bonchev–Trinajstić information content (AvgIpc) is 2.18. The van der Waals surface area contributed by atoms with Gasteiger partial charge in [-0.15, -0.1) is 0 Å². The summed E-state index contributed by atoms with van der Waals surface area (Å²) in [5.41, 5.74) is 0. The second-order valence-corrected chi connectivity index (χ2v) is 6.05. The molecule has 15 heavy (non-hydrogen) atoms. The van der Waals surface area contributed by atoms with Crippen LogP contribution in [0.3, 0.4) is 0 Å². The normalized spacial score (nSPS) is 21.5. The molecule has 0 spiro atoms. The van der Waals surface area contributed by atoms with Crippen LogP contribution in [0, 0.1) is 5.92 Å². The minimum atomic E-state index is -3.07. The van der Waals surface area contributed by atoms with Crippen molar-refractivity contribution in [1.29, 1.82) is 0 Å². The molecule has 5 heteroatoms. The molecule has 1 unspecified atom stereocenters. The molecule has 1 atom stereocenters. The van der Waals surface area contributed by atoms with Crippen LogP contribution in [0.4, 0.5) is 0 Å². The van der Waals surface area contributed by atoms with Crippen molar-refractivity contribution < 1.29 is 13.2 Å². The predicted octanol–water partition coefficient (Wildman–Crippen LogP) is 1.13. The maximum Gasteiger partial charge on any atom is 0.211 e. The smallest absolute Gasteiger partial charge is 0.211 e. The number of ether oxygens (including phenoxy) is 1. The Balaban J connectivity index is 2.43. The van der Waals surface area contributed by atoms with E-state index < -0.39 is 10.0 Å². The molecule has 0 saturated carbocycles. The standard InChI is InChI=1S/C10H21NO3S/c1-3-8-15(12,13)11-9(2)10-4-6-14-7-5-10/h9-11H,3-8H2,1-2H3. The number of hydrogen-bond acceptors (Lipinski definition) is 3. The van der Waals surface area contributed by atoms with Crippen molar-refractivity contribution in [3.8, 4) is 0 Å². The first-order chi connectivity index (χ1) is 7.05. The third-order valence-corrected chi connectivity index (χ3v) is 4.49. The molecule has 1 saturated heterocycles. The Morgan fingerprint density at radius 3 is 2.53 bits per heavy atom. The van der Waals surface area contributed by atoms with E-state index in [-0.39, 0.29) is 11.8 Å². The van der Waals surface area contributed by atoms with Crippen molar-refractivity contribution in [3.63, 3.8) is 0 Å². The molecule has 0 aliphatic carbocycles. The molecule has 1 rings (SSSR count). The molecule has 1 heterocycles. The van der Waals surface area contributed by atoms with Gasteiger partial charge in [0.25, 0.3) is 0 Å². The van der Waals surface area contributed by atoms with Crippen LogP contribution in [0.15, 0.2) is 0 Å². The summed E-state index contributed by atoms with van der Waals surface area (Å²) in [5, 5.41) is 0. The highest BCUT2D eigenvalue weighted by molar-refractivity contribution is 7.89. The predicted molar refractivity (Wildman–Crippen MR) is 60.2 cm³/mol. The third kappa shape index (κ3) is 4.49. The van der Waals surface area contributed by atoms with Gasteiger partial charge in [0, 0.05) is 19.3 Å². The first-order valence-electron chi connectivity index (χ1n) is 5.63. The Hall–Kier alpha value is -0.130. The fraction of sp³-hybridized carbons (Fsp3) is 1.00. The summed E-state index contributed by atoms with van der Waals surface area (Å²) in [6.07, 6.45) is 2.57. The number of rotatable bonds is 5. The Bertz CT molecular complexity index is 270. The zero-order chi connectivity index (χ0) is 11.3. The molecule has 0 aromatic heterocycles. The summed E-state index contributed by atoms with van der Waals surface area (Å²) in [4.78, 5) is 0. The lowest BCUT2D eigenvalue weighted by molar-refractivity contribution is 0.0586. The summed E-state index contributed by atoms with van der Waals surface area (Å²) in [6, 6.07) is 0.0328. The van der Waals surface area contributed by atoms with Gasteiger partial charge in [0.1, 0.15) is 0 Å². The van der Waals surface area contributed by atoms with E-state index in [0.717, 1.165) is 26.1 Å². The second kappa shape index (κ2) is 5.82. The second-order valence-electron chi connectivity index (χ2n) is 4.18. The molecule has 4 nitrogen and oxygen atoms in total. The van der Waals surface area contributed by atoms with E-state index in [1.54, 1.807) is 0 Å². The van der Waals surface area contributed by atoms with E-state index in [0.29, 0.717) is 12.3 Å². The van der Waals surface area contributed by atoms with E-state index in [1.165, 1.54) is 0 Å². The summed E-state index contributed by atoms with van der Waals surface area (Å²) >= 11 is 0. The van der Waals surface area contributed by atoms with E-state index >= 15 is 0 Å². The number of nitrogens with one attached hydrogen (secondary N) is 1. The molecule has 0 aromatic carbocycles. The molecule has 0 radical (unpaired) electrons. The van der Waals surface area contributed by atoms with Gasteiger partial charge in [-0.2, -0.15) is 0 Å².